The number of hydrogen-bond donors (Lipinski definition) is 2. The molecular weight excluding hydrogens is 166 g/mol. The highest BCUT2D eigenvalue weighted by Crippen LogP contribution is 2.14. The van der Waals surface area contributed by atoms with Crippen molar-refractivity contribution < 1.29 is 9.90 Å². The lowest BCUT2D eigenvalue weighted by molar-refractivity contribution is -0.137. The average molecular weight is 179 g/mol. The molecule has 0 bridgehead atoms. The van der Waals surface area contributed by atoms with Crippen molar-refractivity contribution in [3.8, 4) is 0 Å². The molecule has 0 saturated carbocycles. The Kier molecular flexibility index (Phi) is 3.46. The van der Waals surface area contributed by atoms with Crippen molar-refractivity contribution in [1.29, 1.82) is 0 Å². The Balaban J connectivity index is 2.49. The lowest BCUT2D eigenvalue weighted by Gasteiger charge is -2.09. The van der Waals surface area contributed by atoms with E-state index in [2.05, 4.69) is 0 Å². The van der Waals surface area contributed by atoms with Gasteiger partial charge in [-0.1, -0.05) is 30.3 Å². The molecule has 1 aromatic rings. The molecule has 13 heavy (non-hydrogen) atoms. The van der Waals surface area contributed by atoms with E-state index in [1.165, 1.54) is 0 Å². The van der Waals surface area contributed by atoms with Crippen LogP contribution in [-0.4, -0.2) is 11.1 Å². The molecule has 1 atom stereocenters. The summed E-state index contributed by atoms with van der Waals surface area (Å²) in [4.78, 5) is 10.3. The van der Waals surface area contributed by atoms with Gasteiger partial charge in [0.1, 0.15) is 0 Å². The van der Waals surface area contributed by atoms with Gasteiger partial charge in [0.25, 0.3) is 0 Å². The second-order valence-electron chi connectivity index (χ2n) is 2.95. The second-order valence-corrected chi connectivity index (χ2v) is 2.95. The zero-order valence-corrected chi connectivity index (χ0v) is 7.31. The third-order valence-corrected chi connectivity index (χ3v) is 1.90. The van der Waals surface area contributed by atoms with Crippen LogP contribution in [0.2, 0.25) is 0 Å². The number of hydrogen-bond acceptors (Lipinski definition) is 2. The highest BCUT2D eigenvalue weighted by Gasteiger charge is 2.06. The SMILES string of the molecule is NC(CCC(=O)O)c1ccccc1. The summed E-state index contributed by atoms with van der Waals surface area (Å²) in [5.74, 6) is -0.800. The standard InChI is InChI=1S/C10H13NO2/c11-9(6-7-10(12)13)8-4-2-1-3-5-8/h1-5,9H,6-7,11H2,(H,12,13). The molecule has 0 heterocycles. The minimum Gasteiger partial charge on any atom is -0.481 e. The summed E-state index contributed by atoms with van der Waals surface area (Å²) >= 11 is 0. The van der Waals surface area contributed by atoms with E-state index in [1.807, 2.05) is 30.3 Å². The van der Waals surface area contributed by atoms with Crippen LogP contribution in [0.1, 0.15) is 24.4 Å². The fraction of sp³-hybridized carbons (Fsp3) is 0.300. The second kappa shape index (κ2) is 4.62. The first kappa shape index (κ1) is 9.74. The van der Waals surface area contributed by atoms with Gasteiger partial charge in [-0.2, -0.15) is 0 Å². The van der Waals surface area contributed by atoms with Crippen molar-refractivity contribution in [3.05, 3.63) is 35.9 Å². The van der Waals surface area contributed by atoms with Crippen molar-refractivity contribution in [2.75, 3.05) is 0 Å². The third kappa shape index (κ3) is 3.25. The highest BCUT2D eigenvalue weighted by atomic mass is 16.4. The van der Waals surface area contributed by atoms with Gasteiger partial charge < -0.3 is 10.8 Å². The maximum absolute atomic E-state index is 10.3. The first-order chi connectivity index (χ1) is 6.20. The maximum atomic E-state index is 10.3. The predicted molar refractivity (Wildman–Crippen MR) is 50.2 cm³/mol. The summed E-state index contributed by atoms with van der Waals surface area (Å²) in [5.41, 5.74) is 6.77. The molecule has 0 saturated heterocycles. The molecule has 0 fully saturated rings. The normalized spacial score (nSPS) is 12.4. The van der Waals surface area contributed by atoms with E-state index in [-0.39, 0.29) is 12.5 Å². The minimum atomic E-state index is -0.800. The molecule has 0 aliphatic carbocycles. The number of rotatable bonds is 4. The van der Waals surface area contributed by atoms with Crippen molar-refractivity contribution in [2.45, 2.75) is 18.9 Å². The van der Waals surface area contributed by atoms with Crippen LogP contribution in [0.4, 0.5) is 0 Å². The number of benzene rings is 1. The Morgan fingerprint density at radius 1 is 1.38 bits per heavy atom. The topological polar surface area (TPSA) is 63.3 Å². The number of aliphatic carboxylic acids is 1. The van der Waals surface area contributed by atoms with Gasteiger partial charge in [0.15, 0.2) is 0 Å². The molecular formula is C10H13NO2. The monoisotopic (exact) mass is 179 g/mol. The maximum Gasteiger partial charge on any atom is 0.303 e. The molecule has 0 spiro atoms. The molecule has 0 aromatic heterocycles. The Labute approximate surface area is 77.2 Å². The summed E-state index contributed by atoms with van der Waals surface area (Å²) in [7, 11) is 0. The van der Waals surface area contributed by atoms with Crippen LogP contribution in [0.5, 0.6) is 0 Å². The Morgan fingerprint density at radius 3 is 2.54 bits per heavy atom. The number of nitrogens with two attached hydrogens (primary N) is 1. The summed E-state index contributed by atoms with van der Waals surface area (Å²) in [6.07, 6.45) is 0.607. The van der Waals surface area contributed by atoms with E-state index < -0.39 is 5.97 Å². The Morgan fingerprint density at radius 2 is 2.00 bits per heavy atom. The van der Waals surface area contributed by atoms with Crippen LogP contribution in [0.3, 0.4) is 0 Å². The van der Waals surface area contributed by atoms with E-state index in [0.29, 0.717) is 6.42 Å². The minimum absolute atomic E-state index is 0.121. The van der Waals surface area contributed by atoms with Crippen LogP contribution >= 0.6 is 0 Å². The van der Waals surface area contributed by atoms with Gasteiger partial charge in [-0.15, -0.1) is 0 Å². The number of carboxylic acid groups (broad SMARTS) is 1. The zero-order chi connectivity index (χ0) is 9.68. The summed E-state index contributed by atoms with van der Waals surface area (Å²) in [6, 6.07) is 9.36. The Hall–Kier alpha value is -1.35. The quantitative estimate of drug-likeness (QED) is 0.737. The van der Waals surface area contributed by atoms with Gasteiger partial charge in [0.05, 0.1) is 0 Å². The molecule has 0 radical (unpaired) electrons. The molecule has 0 amide bonds. The first-order valence-electron chi connectivity index (χ1n) is 4.22. The number of carboxylic acids is 1. The van der Waals surface area contributed by atoms with Gasteiger partial charge in [-0.05, 0) is 12.0 Å². The van der Waals surface area contributed by atoms with Crippen molar-refractivity contribution in [3.63, 3.8) is 0 Å². The zero-order valence-electron chi connectivity index (χ0n) is 7.31. The molecule has 0 aliphatic rings. The lowest BCUT2D eigenvalue weighted by Crippen LogP contribution is -2.11. The van der Waals surface area contributed by atoms with Gasteiger partial charge in [-0.3, -0.25) is 4.79 Å². The van der Waals surface area contributed by atoms with E-state index in [0.717, 1.165) is 5.56 Å². The molecule has 1 rings (SSSR count). The highest BCUT2D eigenvalue weighted by molar-refractivity contribution is 5.66. The summed E-state index contributed by atoms with van der Waals surface area (Å²) < 4.78 is 0. The molecule has 0 aliphatic heterocycles. The molecule has 3 N–H and O–H groups in total. The molecule has 70 valence electrons. The molecule has 1 unspecified atom stereocenters. The third-order valence-electron chi connectivity index (χ3n) is 1.90. The fourth-order valence-corrected chi connectivity index (χ4v) is 1.15. The van der Waals surface area contributed by atoms with Crippen molar-refractivity contribution in [2.24, 2.45) is 5.73 Å². The number of carbonyl (C=O) groups is 1. The van der Waals surface area contributed by atoms with E-state index >= 15 is 0 Å². The molecule has 3 heteroatoms. The van der Waals surface area contributed by atoms with Crippen LogP contribution in [-0.2, 0) is 4.79 Å². The van der Waals surface area contributed by atoms with Gasteiger partial charge in [0.2, 0.25) is 0 Å². The van der Waals surface area contributed by atoms with Crippen molar-refractivity contribution >= 4 is 5.97 Å². The largest absolute Gasteiger partial charge is 0.481 e. The van der Waals surface area contributed by atoms with E-state index in [1.54, 1.807) is 0 Å². The lowest BCUT2D eigenvalue weighted by atomic mass is 10.0. The van der Waals surface area contributed by atoms with Gasteiger partial charge in [0, 0.05) is 12.5 Å². The van der Waals surface area contributed by atoms with Crippen LogP contribution in [0, 0.1) is 0 Å². The summed E-state index contributed by atoms with van der Waals surface area (Å²) in [6.45, 7) is 0. The van der Waals surface area contributed by atoms with E-state index in [9.17, 15) is 4.79 Å². The van der Waals surface area contributed by atoms with Crippen LogP contribution in [0.15, 0.2) is 30.3 Å². The van der Waals surface area contributed by atoms with Crippen molar-refractivity contribution in [1.82, 2.24) is 0 Å². The fourth-order valence-electron chi connectivity index (χ4n) is 1.15. The average Bonchev–Trinajstić information content (AvgIpc) is 2.15. The molecule has 1 aromatic carbocycles. The first-order valence-corrected chi connectivity index (χ1v) is 4.22. The van der Waals surface area contributed by atoms with Gasteiger partial charge in [-0.25, -0.2) is 0 Å². The molecule has 3 nitrogen and oxygen atoms in total. The predicted octanol–water partition coefficient (Wildman–Crippen LogP) is 1.55. The van der Waals surface area contributed by atoms with Crippen LogP contribution < -0.4 is 5.73 Å². The smallest absolute Gasteiger partial charge is 0.303 e. The van der Waals surface area contributed by atoms with Crippen LogP contribution in [0.25, 0.3) is 0 Å². The summed E-state index contributed by atoms with van der Waals surface area (Å²) in [5, 5.41) is 8.45. The Bertz CT molecular complexity index is 272. The van der Waals surface area contributed by atoms with Gasteiger partial charge >= 0.3 is 5.97 Å². The van der Waals surface area contributed by atoms with E-state index in [4.69, 9.17) is 10.8 Å².